The van der Waals surface area contributed by atoms with E-state index in [1.54, 1.807) is 7.11 Å². The molecule has 4 unspecified atom stereocenters. The molecule has 2 aliphatic rings. The molecule has 0 saturated carbocycles. The molecule has 4 atom stereocenters. The second kappa shape index (κ2) is 12.1. The molecule has 7 rings (SSSR count). The first kappa shape index (κ1) is 29.3. The first-order chi connectivity index (χ1) is 22.0. The predicted octanol–water partition coefficient (Wildman–Crippen LogP) is 6.61. The Bertz CT molecular complexity index is 1790. The van der Waals surface area contributed by atoms with Crippen LogP contribution in [0.4, 0.5) is 4.79 Å². The first-order valence-corrected chi connectivity index (χ1v) is 16.1. The van der Waals surface area contributed by atoms with Crippen molar-refractivity contribution in [1.82, 2.24) is 24.9 Å². The standard InChI is InChI=1S/C36H35N5O3S/c1-3-24(22-40-23-33(38-39-40)36(43,26-10-6-4-7-11-26)27-12-8-5-9-13-27)25-17-19-41-32(20-25)34(45-35(41)42)29-16-18-37-31-15-14-28(44-2)21-30(29)31/h3-16,18,21,23-25,32,34,43H,1,17,19-20,22H2,2H3. The van der Waals surface area contributed by atoms with Gasteiger partial charge in [0.05, 0.1) is 24.1 Å². The summed E-state index contributed by atoms with van der Waals surface area (Å²) in [5, 5.41) is 22.3. The normalized spacial score (nSPS) is 20.6. The quantitative estimate of drug-likeness (QED) is 0.186. The average molecular weight is 618 g/mol. The molecule has 4 heterocycles. The number of aliphatic hydroxyl groups is 1. The highest BCUT2D eigenvalue weighted by atomic mass is 32.2. The summed E-state index contributed by atoms with van der Waals surface area (Å²) >= 11 is 1.42. The predicted molar refractivity (Wildman–Crippen MR) is 176 cm³/mol. The number of aromatic nitrogens is 4. The first-order valence-electron chi connectivity index (χ1n) is 15.3. The van der Waals surface area contributed by atoms with E-state index in [1.807, 2.05) is 113 Å². The third-order valence-corrected chi connectivity index (χ3v) is 10.6. The summed E-state index contributed by atoms with van der Waals surface area (Å²) in [5.41, 5.74) is 2.49. The molecule has 1 amide bonds. The van der Waals surface area contributed by atoms with Gasteiger partial charge in [-0.2, -0.15) is 0 Å². The largest absolute Gasteiger partial charge is 0.497 e. The minimum absolute atomic E-state index is 0.00639. The number of hydrogen-bond acceptors (Lipinski definition) is 7. The summed E-state index contributed by atoms with van der Waals surface area (Å²) in [6.45, 7) is 5.49. The maximum atomic E-state index is 13.2. The highest BCUT2D eigenvalue weighted by Gasteiger charge is 2.46. The van der Waals surface area contributed by atoms with Crippen LogP contribution in [0.5, 0.6) is 5.75 Å². The fourth-order valence-electron chi connectivity index (χ4n) is 6.98. The summed E-state index contributed by atoms with van der Waals surface area (Å²) in [5.74, 6) is 1.18. The molecule has 228 valence electrons. The Labute approximate surface area is 266 Å². The average Bonchev–Trinajstić information content (AvgIpc) is 3.71. The zero-order valence-corrected chi connectivity index (χ0v) is 25.9. The molecule has 3 aromatic carbocycles. The number of carbonyl (C=O) groups is 1. The van der Waals surface area contributed by atoms with Gasteiger partial charge in [-0.05, 0) is 65.6 Å². The van der Waals surface area contributed by atoms with Crippen molar-refractivity contribution in [3.8, 4) is 5.75 Å². The SMILES string of the molecule is C=CC(Cn1cc(C(O)(c2ccccc2)c2ccccc2)nn1)C1CCN2C(=O)SC(c3ccnc4ccc(OC)cc34)C2C1. The van der Waals surface area contributed by atoms with Crippen LogP contribution in [0.3, 0.4) is 0 Å². The number of hydrogen-bond donors (Lipinski definition) is 1. The number of amides is 1. The van der Waals surface area contributed by atoms with Crippen LogP contribution in [-0.4, -0.2) is 54.9 Å². The monoisotopic (exact) mass is 617 g/mol. The van der Waals surface area contributed by atoms with Crippen LogP contribution in [0.15, 0.2) is 110 Å². The minimum atomic E-state index is -1.44. The van der Waals surface area contributed by atoms with Gasteiger partial charge in [0, 0.05) is 30.7 Å². The van der Waals surface area contributed by atoms with Crippen LogP contribution in [0, 0.1) is 11.8 Å². The van der Waals surface area contributed by atoms with Crippen LogP contribution < -0.4 is 4.74 Å². The molecule has 0 aliphatic carbocycles. The molecule has 5 aromatic rings. The Morgan fingerprint density at radius 2 is 1.82 bits per heavy atom. The number of ether oxygens (including phenoxy) is 1. The maximum Gasteiger partial charge on any atom is 0.282 e. The fourth-order valence-corrected chi connectivity index (χ4v) is 8.31. The lowest BCUT2D eigenvalue weighted by Crippen LogP contribution is -2.43. The molecule has 45 heavy (non-hydrogen) atoms. The number of nitrogens with zero attached hydrogens (tertiary/aromatic N) is 5. The zero-order chi connectivity index (χ0) is 31.0. The van der Waals surface area contributed by atoms with E-state index in [-0.39, 0.29) is 22.4 Å². The number of methoxy groups -OCH3 is 1. The fraction of sp³-hybridized carbons (Fsp3) is 0.278. The lowest BCUT2D eigenvalue weighted by Gasteiger charge is -2.39. The van der Waals surface area contributed by atoms with Crippen molar-refractivity contribution in [1.29, 1.82) is 0 Å². The van der Waals surface area contributed by atoms with Crippen molar-refractivity contribution in [3.05, 3.63) is 132 Å². The molecule has 0 spiro atoms. The molecule has 2 fully saturated rings. The Kier molecular flexibility index (Phi) is 7.89. The third-order valence-electron chi connectivity index (χ3n) is 9.38. The highest BCUT2D eigenvalue weighted by molar-refractivity contribution is 8.14. The number of fused-ring (bicyclic) bond motifs is 2. The number of benzene rings is 3. The molecule has 8 nitrogen and oxygen atoms in total. The van der Waals surface area contributed by atoms with Crippen LogP contribution in [0.1, 0.15) is 40.5 Å². The van der Waals surface area contributed by atoms with Crippen LogP contribution in [-0.2, 0) is 12.1 Å². The van der Waals surface area contributed by atoms with Gasteiger partial charge in [-0.3, -0.25) is 14.5 Å². The van der Waals surface area contributed by atoms with Gasteiger partial charge in [-0.1, -0.05) is 83.7 Å². The summed E-state index contributed by atoms with van der Waals surface area (Å²) in [7, 11) is 1.66. The Morgan fingerprint density at radius 1 is 1.09 bits per heavy atom. The van der Waals surface area contributed by atoms with E-state index in [4.69, 9.17) is 4.74 Å². The minimum Gasteiger partial charge on any atom is -0.497 e. The molecule has 1 N–H and O–H groups in total. The number of carbonyl (C=O) groups excluding carboxylic acids is 1. The topological polar surface area (TPSA) is 93.4 Å². The smallest absolute Gasteiger partial charge is 0.282 e. The van der Waals surface area contributed by atoms with Gasteiger partial charge in [0.15, 0.2) is 5.60 Å². The summed E-state index contributed by atoms with van der Waals surface area (Å²) in [6.07, 6.45) is 7.43. The molecule has 2 aliphatic heterocycles. The zero-order valence-electron chi connectivity index (χ0n) is 25.1. The van der Waals surface area contributed by atoms with Crippen LogP contribution in [0.25, 0.3) is 10.9 Å². The van der Waals surface area contributed by atoms with Gasteiger partial charge in [-0.25, -0.2) is 0 Å². The van der Waals surface area contributed by atoms with Crippen LogP contribution >= 0.6 is 11.8 Å². The van der Waals surface area contributed by atoms with Crippen molar-refractivity contribution in [2.75, 3.05) is 13.7 Å². The summed E-state index contributed by atoms with van der Waals surface area (Å²) in [4.78, 5) is 19.8. The van der Waals surface area contributed by atoms with E-state index in [2.05, 4.69) is 21.9 Å². The van der Waals surface area contributed by atoms with Gasteiger partial charge >= 0.3 is 0 Å². The number of rotatable bonds is 9. The van der Waals surface area contributed by atoms with Gasteiger partial charge in [-0.15, -0.1) is 11.7 Å². The number of thioether (sulfide) groups is 1. The van der Waals surface area contributed by atoms with Gasteiger partial charge in [0.1, 0.15) is 11.4 Å². The molecule has 9 heteroatoms. The van der Waals surface area contributed by atoms with Crippen molar-refractivity contribution >= 4 is 27.9 Å². The van der Waals surface area contributed by atoms with E-state index >= 15 is 0 Å². The summed E-state index contributed by atoms with van der Waals surface area (Å²) in [6, 6.07) is 27.2. The van der Waals surface area contributed by atoms with E-state index in [9.17, 15) is 9.90 Å². The van der Waals surface area contributed by atoms with E-state index in [0.29, 0.717) is 24.7 Å². The van der Waals surface area contributed by atoms with Crippen molar-refractivity contribution in [2.45, 2.75) is 36.3 Å². The summed E-state index contributed by atoms with van der Waals surface area (Å²) < 4.78 is 7.33. The second-order valence-electron chi connectivity index (χ2n) is 11.8. The maximum absolute atomic E-state index is 13.2. The number of pyridine rings is 1. The Morgan fingerprint density at radius 3 is 2.51 bits per heavy atom. The number of allylic oxidation sites excluding steroid dienone is 1. The van der Waals surface area contributed by atoms with Gasteiger partial charge in [0.25, 0.3) is 5.24 Å². The Hall–Kier alpha value is -4.47. The number of piperidine rings is 1. The third kappa shape index (κ3) is 5.30. The van der Waals surface area contributed by atoms with E-state index in [1.165, 1.54) is 11.8 Å². The molecule has 2 aromatic heterocycles. The highest BCUT2D eigenvalue weighted by Crippen LogP contribution is 2.50. The molecular formula is C36H35N5O3S. The second-order valence-corrected chi connectivity index (χ2v) is 12.9. The lowest BCUT2D eigenvalue weighted by atomic mass is 9.79. The van der Waals surface area contributed by atoms with Crippen molar-refractivity contribution < 1.29 is 14.6 Å². The molecule has 0 radical (unpaired) electrons. The molecule has 0 bridgehead atoms. The molecular weight excluding hydrogens is 582 g/mol. The van der Waals surface area contributed by atoms with E-state index in [0.717, 1.165) is 46.2 Å². The molecule has 2 saturated heterocycles. The van der Waals surface area contributed by atoms with Gasteiger partial charge < -0.3 is 14.7 Å². The lowest BCUT2D eigenvalue weighted by molar-refractivity contribution is 0.120. The van der Waals surface area contributed by atoms with Crippen LogP contribution in [0.2, 0.25) is 0 Å². The van der Waals surface area contributed by atoms with Crippen molar-refractivity contribution in [2.24, 2.45) is 11.8 Å². The van der Waals surface area contributed by atoms with Gasteiger partial charge in [0.2, 0.25) is 0 Å². The Balaban J connectivity index is 1.15. The van der Waals surface area contributed by atoms with Crippen molar-refractivity contribution in [3.63, 3.8) is 0 Å². The van der Waals surface area contributed by atoms with E-state index < -0.39 is 5.60 Å².